The minimum Gasteiger partial charge on any atom is -0.462 e. The third-order valence-electron chi connectivity index (χ3n) is 13.3. The Labute approximate surface area is 485 Å². The first-order valence-corrected chi connectivity index (χ1v) is 33.5. The number of phosphoric ester groups is 1. The van der Waals surface area contributed by atoms with E-state index in [4.69, 9.17) is 24.3 Å². The molecule has 9 nitrogen and oxygen atoms in total. The lowest BCUT2D eigenvalue weighted by atomic mass is 10.0. The number of carbonyl (C=O) groups excluding carboxylic acids is 2. The Balaban J connectivity index is 3.93. The standard InChI is InChI=1S/C69H118NO8P/c1-3-5-7-9-11-13-15-17-19-21-23-25-27-29-30-31-32-33-34-35-36-38-39-41-43-45-47-49-51-53-55-57-59-61-68(71)75-65-67(66-77-79(73,74)76-64-63-70)78-69(72)62-60-58-56-54-52-50-48-46-44-42-40-37-28-26-24-22-20-18-16-14-12-10-8-6-4-2/h5-8,11-14,17-20,23-26,37,40,44,46,67H,3-4,9-10,15-16,21-22,27-36,38-39,41-43,45,47-66,70H2,1-2H3,(H,73,74)/b7-5-,8-6-,13-11-,14-12-,19-17-,20-18-,25-23-,26-24-,40-37-,46-44-. The van der Waals surface area contributed by atoms with Crippen molar-refractivity contribution >= 4 is 19.8 Å². The second-order valence-electron chi connectivity index (χ2n) is 20.9. The van der Waals surface area contributed by atoms with E-state index in [0.29, 0.717) is 6.42 Å². The van der Waals surface area contributed by atoms with E-state index in [1.165, 1.54) is 116 Å². The van der Waals surface area contributed by atoms with Crippen LogP contribution in [0.5, 0.6) is 0 Å². The van der Waals surface area contributed by atoms with Gasteiger partial charge in [0, 0.05) is 19.4 Å². The number of carbonyl (C=O) groups is 2. The van der Waals surface area contributed by atoms with Gasteiger partial charge in [0.15, 0.2) is 6.10 Å². The van der Waals surface area contributed by atoms with Gasteiger partial charge in [-0.2, -0.15) is 0 Å². The molecule has 0 aliphatic heterocycles. The highest BCUT2D eigenvalue weighted by Gasteiger charge is 2.26. The Hall–Kier alpha value is -3.59. The van der Waals surface area contributed by atoms with Crippen LogP contribution in [0.1, 0.15) is 271 Å². The summed E-state index contributed by atoms with van der Waals surface area (Å²) in [6.07, 6.45) is 88.4. The third-order valence-corrected chi connectivity index (χ3v) is 14.3. The highest BCUT2D eigenvalue weighted by atomic mass is 31.2. The van der Waals surface area contributed by atoms with E-state index in [2.05, 4.69) is 135 Å². The molecule has 0 aromatic rings. The highest BCUT2D eigenvalue weighted by Crippen LogP contribution is 2.43. The topological polar surface area (TPSA) is 134 Å². The van der Waals surface area contributed by atoms with Gasteiger partial charge in [-0.3, -0.25) is 18.6 Å². The molecule has 0 aliphatic carbocycles. The zero-order valence-corrected chi connectivity index (χ0v) is 51.5. The smallest absolute Gasteiger partial charge is 0.462 e. The summed E-state index contributed by atoms with van der Waals surface area (Å²) in [5.41, 5.74) is 5.39. The summed E-state index contributed by atoms with van der Waals surface area (Å²) in [7, 11) is -4.40. The van der Waals surface area contributed by atoms with Crippen LogP contribution in [-0.4, -0.2) is 49.3 Å². The number of hydrogen-bond acceptors (Lipinski definition) is 8. The Bertz CT molecular complexity index is 1710. The SMILES string of the molecule is CC/C=C\C/C=C\C/C=C\C/C=C\C/C=C\C/C=C\CCCCCCCCC(=O)OC(COC(=O)CCCCCCCCCCCCCCCCCCCCCC/C=C\C/C=C\C/C=C\C/C=C\CC)COP(=O)(O)OCCN. The van der Waals surface area contributed by atoms with E-state index < -0.39 is 26.5 Å². The number of nitrogens with two attached hydrogens (primary N) is 1. The molecule has 0 aliphatic rings. The molecule has 0 rings (SSSR count). The molecule has 0 fully saturated rings. The summed E-state index contributed by atoms with van der Waals surface area (Å²) < 4.78 is 33.1. The molecular weight excluding hydrogens is 1000 g/mol. The number of allylic oxidation sites excluding steroid dienone is 20. The average Bonchev–Trinajstić information content (AvgIpc) is 3.44. The normalized spacial score (nSPS) is 13.8. The molecule has 3 N–H and O–H groups in total. The monoisotopic (exact) mass is 1120 g/mol. The Morgan fingerprint density at radius 1 is 0.380 bits per heavy atom. The predicted molar refractivity (Wildman–Crippen MR) is 339 cm³/mol. The van der Waals surface area contributed by atoms with Crippen LogP contribution in [0.4, 0.5) is 0 Å². The van der Waals surface area contributed by atoms with Crippen LogP contribution >= 0.6 is 7.82 Å². The predicted octanol–water partition coefficient (Wildman–Crippen LogP) is 20.7. The van der Waals surface area contributed by atoms with Gasteiger partial charge in [-0.1, -0.05) is 277 Å². The van der Waals surface area contributed by atoms with Gasteiger partial charge in [-0.05, 0) is 103 Å². The van der Waals surface area contributed by atoms with Crippen molar-refractivity contribution in [2.75, 3.05) is 26.4 Å². The molecular formula is C69H118NO8P. The minimum atomic E-state index is -4.40. The quantitative estimate of drug-likeness (QED) is 0.0264. The van der Waals surface area contributed by atoms with Crippen molar-refractivity contribution in [3.8, 4) is 0 Å². The molecule has 0 aromatic heterocycles. The van der Waals surface area contributed by atoms with Crippen molar-refractivity contribution in [1.82, 2.24) is 0 Å². The lowest BCUT2D eigenvalue weighted by Crippen LogP contribution is -2.29. The van der Waals surface area contributed by atoms with Crippen LogP contribution in [0.25, 0.3) is 0 Å². The van der Waals surface area contributed by atoms with Gasteiger partial charge in [-0.15, -0.1) is 0 Å². The first-order chi connectivity index (χ1) is 38.8. The van der Waals surface area contributed by atoms with Gasteiger partial charge in [0.2, 0.25) is 0 Å². The second-order valence-corrected chi connectivity index (χ2v) is 22.3. The summed E-state index contributed by atoms with van der Waals surface area (Å²) in [5, 5.41) is 0. The van der Waals surface area contributed by atoms with Gasteiger partial charge in [-0.25, -0.2) is 4.57 Å². The first-order valence-electron chi connectivity index (χ1n) is 32.0. The van der Waals surface area contributed by atoms with Crippen molar-refractivity contribution in [1.29, 1.82) is 0 Å². The third kappa shape index (κ3) is 63.5. The fourth-order valence-electron chi connectivity index (χ4n) is 8.69. The van der Waals surface area contributed by atoms with Crippen LogP contribution in [0.15, 0.2) is 122 Å². The molecule has 2 atom stereocenters. The van der Waals surface area contributed by atoms with E-state index in [9.17, 15) is 19.0 Å². The maximum atomic E-state index is 12.7. The lowest BCUT2D eigenvalue weighted by Gasteiger charge is -2.19. The van der Waals surface area contributed by atoms with E-state index in [-0.39, 0.29) is 38.6 Å². The molecule has 0 bridgehead atoms. The lowest BCUT2D eigenvalue weighted by molar-refractivity contribution is -0.161. The number of ether oxygens (including phenoxy) is 2. The summed E-state index contributed by atoms with van der Waals surface area (Å²) >= 11 is 0. The van der Waals surface area contributed by atoms with E-state index in [0.717, 1.165) is 122 Å². The van der Waals surface area contributed by atoms with E-state index in [1.54, 1.807) is 0 Å². The van der Waals surface area contributed by atoms with Crippen molar-refractivity contribution in [2.45, 2.75) is 277 Å². The maximum absolute atomic E-state index is 12.7. The molecule has 0 heterocycles. The van der Waals surface area contributed by atoms with Crippen molar-refractivity contribution in [3.05, 3.63) is 122 Å². The summed E-state index contributed by atoms with van der Waals surface area (Å²) in [6.45, 7) is 3.51. The van der Waals surface area contributed by atoms with Crippen LogP contribution in [-0.2, 0) is 32.7 Å². The molecule has 0 saturated carbocycles. The highest BCUT2D eigenvalue weighted by molar-refractivity contribution is 7.47. The first kappa shape index (κ1) is 75.4. The molecule has 0 amide bonds. The molecule has 0 radical (unpaired) electrons. The van der Waals surface area contributed by atoms with E-state index >= 15 is 0 Å². The van der Waals surface area contributed by atoms with Crippen LogP contribution in [0, 0.1) is 0 Å². The second kappa shape index (κ2) is 63.6. The molecule has 0 spiro atoms. The van der Waals surface area contributed by atoms with Crippen LogP contribution < -0.4 is 5.73 Å². The van der Waals surface area contributed by atoms with Crippen molar-refractivity contribution in [2.24, 2.45) is 5.73 Å². The summed E-state index contributed by atoms with van der Waals surface area (Å²) in [5.74, 6) is -0.843. The van der Waals surface area contributed by atoms with Crippen LogP contribution in [0.3, 0.4) is 0 Å². The summed E-state index contributed by atoms with van der Waals surface area (Å²) in [6, 6.07) is 0. The van der Waals surface area contributed by atoms with Crippen molar-refractivity contribution < 1.29 is 37.6 Å². The van der Waals surface area contributed by atoms with Gasteiger partial charge in [0.1, 0.15) is 6.61 Å². The number of phosphoric acid groups is 1. The number of hydrogen-bond donors (Lipinski definition) is 2. The largest absolute Gasteiger partial charge is 0.472 e. The van der Waals surface area contributed by atoms with Gasteiger partial charge in [0.25, 0.3) is 0 Å². The van der Waals surface area contributed by atoms with Gasteiger partial charge in [0.05, 0.1) is 13.2 Å². The molecule has 452 valence electrons. The fourth-order valence-corrected chi connectivity index (χ4v) is 9.46. The fraction of sp³-hybridized carbons (Fsp3) is 0.681. The zero-order valence-electron chi connectivity index (χ0n) is 50.6. The average molecular weight is 1120 g/mol. The van der Waals surface area contributed by atoms with Gasteiger partial charge >= 0.3 is 19.8 Å². The molecule has 0 saturated heterocycles. The minimum absolute atomic E-state index is 0.0459. The molecule has 0 aromatic carbocycles. The Morgan fingerprint density at radius 2 is 0.658 bits per heavy atom. The molecule has 10 heteroatoms. The van der Waals surface area contributed by atoms with Crippen molar-refractivity contribution in [3.63, 3.8) is 0 Å². The number of rotatable bonds is 59. The zero-order chi connectivity index (χ0) is 57.3. The van der Waals surface area contributed by atoms with Crippen LogP contribution in [0.2, 0.25) is 0 Å². The van der Waals surface area contributed by atoms with E-state index in [1.807, 2.05) is 0 Å². The van der Waals surface area contributed by atoms with Gasteiger partial charge < -0.3 is 20.1 Å². The molecule has 79 heavy (non-hydrogen) atoms. The maximum Gasteiger partial charge on any atom is 0.472 e. The number of esters is 2. The Morgan fingerprint density at radius 3 is 0.975 bits per heavy atom. The number of unbranched alkanes of at least 4 members (excludes halogenated alkanes) is 26. The molecule has 2 unspecified atom stereocenters. The summed E-state index contributed by atoms with van der Waals surface area (Å²) in [4.78, 5) is 35.3. The Kier molecular flexibility index (Phi) is 60.7.